The number of hydrogen-bond donors (Lipinski definition) is 1. The van der Waals surface area contributed by atoms with Crippen LogP contribution in [0.3, 0.4) is 0 Å². The van der Waals surface area contributed by atoms with Crippen molar-refractivity contribution in [1.82, 2.24) is 15.1 Å². The molecule has 1 aliphatic heterocycles. The van der Waals surface area contributed by atoms with Gasteiger partial charge >= 0.3 is 0 Å². The van der Waals surface area contributed by atoms with E-state index in [1.54, 1.807) is 0 Å². The molecule has 0 saturated heterocycles. The van der Waals surface area contributed by atoms with Gasteiger partial charge in [0.1, 0.15) is 11.9 Å². The molecule has 4 nitrogen and oxygen atoms in total. The topological polar surface area (TPSA) is 39.1 Å². The first-order chi connectivity index (χ1) is 9.81. The molecule has 20 heavy (non-hydrogen) atoms. The Hall–Kier alpha value is -1.81. The van der Waals surface area contributed by atoms with E-state index < -0.39 is 0 Å². The van der Waals surface area contributed by atoms with Gasteiger partial charge in [0.25, 0.3) is 0 Å². The fraction of sp³-hybridized carbons (Fsp3) is 0.438. The summed E-state index contributed by atoms with van der Waals surface area (Å²) in [5, 5.41) is 7.77. The molecule has 0 fully saturated rings. The van der Waals surface area contributed by atoms with Gasteiger partial charge in [0.15, 0.2) is 0 Å². The van der Waals surface area contributed by atoms with Crippen molar-refractivity contribution in [2.24, 2.45) is 0 Å². The number of aromatic nitrogens is 2. The number of para-hydroxylation sites is 1. The van der Waals surface area contributed by atoms with Crippen LogP contribution in [0.25, 0.3) is 0 Å². The van der Waals surface area contributed by atoms with Crippen LogP contribution in [-0.4, -0.2) is 28.5 Å². The molecule has 0 aliphatic carbocycles. The lowest BCUT2D eigenvalue weighted by molar-refractivity contribution is 0.220. The van der Waals surface area contributed by atoms with Crippen LogP contribution in [-0.2, 0) is 13.0 Å². The molecule has 3 rings (SSSR count). The van der Waals surface area contributed by atoms with Crippen molar-refractivity contribution in [3.8, 4) is 5.75 Å². The van der Waals surface area contributed by atoms with Gasteiger partial charge in [-0.3, -0.25) is 4.68 Å². The Bertz CT molecular complexity index is 513. The van der Waals surface area contributed by atoms with Crippen molar-refractivity contribution in [3.63, 3.8) is 0 Å². The number of rotatable bonds is 6. The van der Waals surface area contributed by atoms with E-state index in [1.807, 2.05) is 29.2 Å². The summed E-state index contributed by atoms with van der Waals surface area (Å²) in [5.41, 5.74) is 1.32. The average Bonchev–Trinajstić information content (AvgIpc) is 3.11. The highest BCUT2D eigenvalue weighted by Crippen LogP contribution is 2.27. The highest BCUT2D eigenvalue weighted by Gasteiger charge is 2.22. The summed E-state index contributed by atoms with van der Waals surface area (Å²) in [6.45, 7) is 4.06. The lowest BCUT2D eigenvalue weighted by Crippen LogP contribution is -2.36. The quantitative estimate of drug-likeness (QED) is 0.876. The van der Waals surface area contributed by atoms with Gasteiger partial charge in [-0.15, -0.1) is 0 Å². The molecule has 0 spiro atoms. The second-order valence-corrected chi connectivity index (χ2v) is 5.42. The minimum atomic E-state index is 0.263. The van der Waals surface area contributed by atoms with Gasteiger partial charge in [-0.1, -0.05) is 18.2 Å². The van der Waals surface area contributed by atoms with Crippen molar-refractivity contribution in [2.45, 2.75) is 38.5 Å². The molecule has 0 radical (unpaired) electrons. The maximum absolute atomic E-state index is 5.93. The van der Waals surface area contributed by atoms with Crippen molar-refractivity contribution in [3.05, 3.63) is 48.3 Å². The zero-order valence-corrected chi connectivity index (χ0v) is 11.8. The monoisotopic (exact) mass is 271 g/mol. The Morgan fingerprint density at radius 3 is 3.10 bits per heavy atom. The molecule has 2 heterocycles. The fourth-order valence-corrected chi connectivity index (χ4v) is 2.56. The van der Waals surface area contributed by atoms with Crippen LogP contribution in [0.15, 0.2) is 42.7 Å². The van der Waals surface area contributed by atoms with Gasteiger partial charge in [-0.25, -0.2) is 0 Å². The van der Waals surface area contributed by atoms with Crippen LogP contribution >= 0.6 is 0 Å². The van der Waals surface area contributed by atoms with Gasteiger partial charge in [-0.2, -0.15) is 5.10 Å². The molecule has 1 aliphatic rings. The third-order valence-electron chi connectivity index (χ3n) is 3.76. The second kappa shape index (κ2) is 6.09. The van der Waals surface area contributed by atoms with E-state index in [1.165, 1.54) is 5.56 Å². The van der Waals surface area contributed by atoms with E-state index in [4.69, 9.17) is 4.74 Å². The smallest absolute Gasteiger partial charge is 0.123 e. The van der Waals surface area contributed by atoms with Gasteiger partial charge in [0, 0.05) is 37.9 Å². The van der Waals surface area contributed by atoms with E-state index in [2.05, 4.69) is 35.5 Å². The first-order valence-electron chi connectivity index (χ1n) is 7.26. The third kappa shape index (κ3) is 3.20. The highest BCUT2D eigenvalue weighted by molar-refractivity contribution is 5.37. The van der Waals surface area contributed by atoms with Crippen molar-refractivity contribution >= 4 is 0 Å². The molecule has 1 aromatic heterocycles. The number of hydrogen-bond acceptors (Lipinski definition) is 3. The Morgan fingerprint density at radius 2 is 2.30 bits per heavy atom. The standard InChI is InChI=1S/C16H21N3O/c1-13(7-10-19-9-4-8-18-19)17-12-15-11-14-5-2-3-6-16(14)20-15/h2-6,8-9,13,15,17H,7,10-12H2,1H3/t13-,15+/m0/s1. The summed E-state index contributed by atoms with van der Waals surface area (Å²) < 4.78 is 7.90. The van der Waals surface area contributed by atoms with Crippen LogP contribution in [0, 0.1) is 0 Å². The summed E-state index contributed by atoms with van der Waals surface area (Å²) in [7, 11) is 0. The predicted molar refractivity (Wildman–Crippen MR) is 78.9 cm³/mol. The Labute approximate surface area is 119 Å². The van der Waals surface area contributed by atoms with E-state index in [-0.39, 0.29) is 6.10 Å². The van der Waals surface area contributed by atoms with Crippen LogP contribution in [0.5, 0.6) is 5.75 Å². The number of nitrogens with one attached hydrogen (secondary N) is 1. The lowest BCUT2D eigenvalue weighted by Gasteiger charge is -2.17. The van der Waals surface area contributed by atoms with E-state index in [0.717, 1.165) is 31.7 Å². The fourth-order valence-electron chi connectivity index (χ4n) is 2.56. The first kappa shape index (κ1) is 13.2. The molecule has 1 aromatic carbocycles. The van der Waals surface area contributed by atoms with Gasteiger partial charge < -0.3 is 10.1 Å². The predicted octanol–water partition coefficient (Wildman–Crippen LogP) is 2.25. The summed E-state index contributed by atoms with van der Waals surface area (Å²) in [6, 6.07) is 10.7. The maximum Gasteiger partial charge on any atom is 0.123 e. The van der Waals surface area contributed by atoms with E-state index >= 15 is 0 Å². The Morgan fingerprint density at radius 1 is 1.40 bits per heavy atom. The minimum Gasteiger partial charge on any atom is -0.488 e. The van der Waals surface area contributed by atoms with Crippen LogP contribution in [0.4, 0.5) is 0 Å². The zero-order chi connectivity index (χ0) is 13.8. The number of fused-ring (bicyclic) bond motifs is 1. The average molecular weight is 271 g/mol. The SMILES string of the molecule is C[C@@H](CCn1cccn1)NC[C@H]1Cc2ccccc2O1. The summed E-state index contributed by atoms with van der Waals surface area (Å²) >= 11 is 0. The summed E-state index contributed by atoms with van der Waals surface area (Å²) in [4.78, 5) is 0. The molecule has 2 aromatic rings. The molecule has 0 saturated carbocycles. The molecule has 0 unspecified atom stereocenters. The number of ether oxygens (including phenoxy) is 1. The third-order valence-corrected chi connectivity index (χ3v) is 3.76. The molecule has 0 amide bonds. The minimum absolute atomic E-state index is 0.263. The van der Waals surface area contributed by atoms with Gasteiger partial charge in [-0.05, 0) is 31.0 Å². The normalized spacial score (nSPS) is 18.6. The molecule has 0 bridgehead atoms. The Kier molecular flexibility index (Phi) is 4.02. The zero-order valence-electron chi connectivity index (χ0n) is 11.8. The summed E-state index contributed by atoms with van der Waals surface area (Å²) in [6.07, 6.45) is 6.17. The van der Waals surface area contributed by atoms with E-state index in [9.17, 15) is 0 Å². The van der Waals surface area contributed by atoms with Crippen LogP contribution < -0.4 is 10.1 Å². The van der Waals surface area contributed by atoms with Crippen molar-refractivity contribution < 1.29 is 4.74 Å². The van der Waals surface area contributed by atoms with Crippen LogP contribution in [0.1, 0.15) is 18.9 Å². The molecule has 4 heteroatoms. The van der Waals surface area contributed by atoms with E-state index in [0.29, 0.717) is 6.04 Å². The second-order valence-electron chi connectivity index (χ2n) is 5.42. The number of benzene rings is 1. The van der Waals surface area contributed by atoms with Crippen molar-refractivity contribution in [1.29, 1.82) is 0 Å². The number of aryl methyl sites for hydroxylation is 1. The molecule has 2 atom stereocenters. The highest BCUT2D eigenvalue weighted by atomic mass is 16.5. The van der Waals surface area contributed by atoms with Crippen molar-refractivity contribution in [2.75, 3.05) is 6.54 Å². The Balaban J connectivity index is 1.40. The van der Waals surface area contributed by atoms with Gasteiger partial charge in [0.05, 0.1) is 0 Å². The summed E-state index contributed by atoms with van der Waals surface area (Å²) in [5.74, 6) is 1.04. The van der Waals surface area contributed by atoms with Crippen LogP contribution in [0.2, 0.25) is 0 Å². The molecular weight excluding hydrogens is 250 g/mol. The molecule has 106 valence electrons. The van der Waals surface area contributed by atoms with Gasteiger partial charge in [0.2, 0.25) is 0 Å². The number of nitrogens with zero attached hydrogens (tertiary/aromatic N) is 2. The first-order valence-corrected chi connectivity index (χ1v) is 7.26. The maximum atomic E-state index is 5.93. The lowest BCUT2D eigenvalue weighted by atomic mass is 10.1. The largest absolute Gasteiger partial charge is 0.488 e. The molecular formula is C16H21N3O. The molecule has 1 N–H and O–H groups in total.